The van der Waals surface area contributed by atoms with E-state index >= 15 is 0 Å². The van der Waals surface area contributed by atoms with Gasteiger partial charge in [0.2, 0.25) is 0 Å². The van der Waals surface area contributed by atoms with Gasteiger partial charge in [0.25, 0.3) is 5.91 Å². The molecule has 3 heterocycles. The molecule has 1 spiro atoms. The Morgan fingerprint density at radius 3 is 3.17 bits per heavy atom. The van der Waals surface area contributed by atoms with E-state index in [1.807, 2.05) is 11.0 Å². The lowest BCUT2D eigenvalue weighted by Crippen LogP contribution is -2.50. The largest absolute Gasteiger partial charge is 0.375 e. The molecular formula is C18H24N2O3. The van der Waals surface area contributed by atoms with Crippen LogP contribution in [-0.4, -0.2) is 53.8 Å². The van der Waals surface area contributed by atoms with Crippen LogP contribution in [-0.2, 0) is 9.47 Å². The minimum atomic E-state index is -0.204. The molecule has 2 saturated heterocycles. The third-order valence-electron chi connectivity index (χ3n) is 5.17. The minimum absolute atomic E-state index is 0.0584. The van der Waals surface area contributed by atoms with E-state index in [-0.39, 0.29) is 17.6 Å². The second-order valence-corrected chi connectivity index (χ2v) is 7.17. The number of likely N-dealkylation sites (tertiary alicyclic amines) is 1. The van der Waals surface area contributed by atoms with Crippen LogP contribution in [0.5, 0.6) is 0 Å². The fraction of sp³-hybridized carbons (Fsp3) is 0.667. The number of carbonyl (C=O) groups is 1. The van der Waals surface area contributed by atoms with Gasteiger partial charge in [0.05, 0.1) is 30.4 Å². The molecule has 1 aromatic heterocycles. The summed E-state index contributed by atoms with van der Waals surface area (Å²) in [6.45, 7) is 3.01. The summed E-state index contributed by atoms with van der Waals surface area (Å²) in [5.74, 6) is 0.838. The molecule has 0 aromatic carbocycles. The zero-order valence-corrected chi connectivity index (χ0v) is 13.4. The maximum atomic E-state index is 12.6. The lowest BCUT2D eigenvalue weighted by molar-refractivity contribution is -0.0465. The molecule has 1 aliphatic carbocycles. The summed E-state index contributed by atoms with van der Waals surface area (Å²) >= 11 is 0. The third kappa shape index (κ3) is 3.40. The van der Waals surface area contributed by atoms with Crippen molar-refractivity contribution in [1.29, 1.82) is 0 Å². The van der Waals surface area contributed by atoms with Crippen molar-refractivity contribution < 1.29 is 14.3 Å². The van der Waals surface area contributed by atoms with Crippen LogP contribution in [0.25, 0.3) is 0 Å². The van der Waals surface area contributed by atoms with Crippen molar-refractivity contribution in [2.75, 3.05) is 26.3 Å². The molecule has 1 amide bonds. The van der Waals surface area contributed by atoms with E-state index in [2.05, 4.69) is 4.98 Å². The van der Waals surface area contributed by atoms with Gasteiger partial charge in [0.15, 0.2) is 0 Å². The van der Waals surface area contributed by atoms with E-state index < -0.39 is 0 Å². The zero-order valence-electron chi connectivity index (χ0n) is 13.4. The second-order valence-electron chi connectivity index (χ2n) is 7.17. The Balaban J connectivity index is 1.37. The molecule has 4 rings (SSSR count). The highest BCUT2D eigenvalue weighted by Crippen LogP contribution is 2.37. The van der Waals surface area contributed by atoms with Crippen LogP contribution in [0, 0.1) is 5.92 Å². The number of carbonyl (C=O) groups excluding carboxylic acids is 1. The Labute approximate surface area is 137 Å². The van der Waals surface area contributed by atoms with Crippen LogP contribution in [0.3, 0.4) is 0 Å². The van der Waals surface area contributed by atoms with Crippen LogP contribution in [0.2, 0.25) is 0 Å². The summed E-state index contributed by atoms with van der Waals surface area (Å²) < 4.78 is 12.1. The number of hydrogen-bond acceptors (Lipinski definition) is 4. The number of pyridine rings is 1. The molecule has 5 nitrogen and oxygen atoms in total. The lowest BCUT2D eigenvalue weighted by atomic mass is 9.89. The van der Waals surface area contributed by atoms with Gasteiger partial charge in [-0.2, -0.15) is 0 Å². The zero-order chi connectivity index (χ0) is 15.7. The van der Waals surface area contributed by atoms with E-state index in [4.69, 9.17) is 9.47 Å². The van der Waals surface area contributed by atoms with Gasteiger partial charge in [-0.05, 0) is 43.7 Å². The number of ether oxygens (including phenoxy) is 2. The Morgan fingerprint density at radius 1 is 1.48 bits per heavy atom. The molecule has 2 unspecified atom stereocenters. The van der Waals surface area contributed by atoms with Crippen molar-refractivity contribution in [3.63, 3.8) is 0 Å². The number of amides is 1. The molecule has 0 radical (unpaired) electrons. The summed E-state index contributed by atoms with van der Waals surface area (Å²) in [6, 6.07) is 3.63. The Morgan fingerprint density at radius 2 is 2.39 bits per heavy atom. The van der Waals surface area contributed by atoms with Gasteiger partial charge >= 0.3 is 0 Å². The van der Waals surface area contributed by atoms with Gasteiger partial charge in [-0.3, -0.25) is 9.78 Å². The lowest BCUT2D eigenvalue weighted by Gasteiger charge is -2.39. The van der Waals surface area contributed by atoms with Crippen molar-refractivity contribution >= 4 is 5.91 Å². The second kappa shape index (κ2) is 6.21. The highest BCUT2D eigenvalue weighted by atomic mass is 16.6. The van der Waals surface area contributed by atoms with Crippen molar-refractivity contribution in [3.05, 3.63) is 30.1 Å². The van der Waals surface area contributed by atoms with Gasteiger partial charge in [-0.1, -0.05) is 0 Å². The van der Waals surface area contributed by atoms with E-state index in [9.17, 15) is 4.79 Å². The van der Waals surface area contributed by atoms with Crippen LogP contribution < -0.4 is 0 Å². The molecule has 23 heavy (non-hydrogen) atoms. The summed E-state index contributed by atoms with van der Waals surface area (Å²) in [7, 11) is 0. The van der Waals surface area contributed by atoms with Gasteiger partial charge in [0.1, 0.15) is 0 Å². The molecule has 2 aliphatic heterocycles. The summed E-state index contributed by atoms with van der Waals surface area (Å²) in [5, 5.41) is 0. The summed E-state index contributed by atoms with van der Waals surface area (Å²) in [5.41, 5.74) is 0.453. The topological polar surface area (TPSA) is 51.7 Å². The average molecular weight is 316 g/mol. The van der Waals surface area contributed by atoms with E-state index in [0.717, 1.165) is 38.3 Å². The molecule has 0 bridgehead atoms. The predicted molar refractivity (Wildman–Crippen MR) is 85.1 cm³/mol. The number of nitrogens with zero attached hydrogens (tertiary/aromatic N) is 2. The van der Waals surface area contributed by atoms with Crippen molar-refractivity contribution in [1.82, 2.24) is 9.88 Å². The van der Waals surface area contributed by atoms with Gasteiger partial charge in [-0.15, -0.1) is 0 Å². The van der Waals surface area contributed by atoms with E-state index in [1.54, 1.807) is 18.5 Å². The normalized spacial score (nSPS) is 30.8. The smallest absolute Gasteiger partial charge is 0.255 e. The Kier molecular flexibility index (Phi) is 4.07. The maximum absolute atomic E-state index is 12.6. The van der Waals surface area contributed by atoms with Crippen molar-refractivity contribution in [2.45, 2.75) is 43.8 Å². The molecule has 0 N–H and O–H groups in total. The van der Waals surface area contributed by atoms with E-state index in [0.29, 0.717) is 18.7 Å². The molecule has 1 saturated carbocycles. The monoisotopic (exact) mass is 316 g/mol. The SMILES string of the molecule is O=C(c1cccnc1)N1CCCC2(CC(OCC3CC3)CO2)C1. The third-order valence-corrected chi connectivity index (χ3v) is 5.17. The standard InChI is InChI=1S/C18H24N2O3/c21-17(15-3-1-7-19-10-15)20-8-2-6-18(13-20)9-16(12-23-18)22-11-14-4-5-14/h1,3,7,10,14,16H,2,4-6,8-9,11-13H2. The average Bonchev–Trinajstić information content (AvgIpc) is 3.35. The van der Waals surface area contributed by atoms with Gasteiger partial charge in [0, 0.05) is 32.0 Å². The summed E-state index contributed by atoms with van der Waals surface area (Å²) in [4.78, 5) is 18.6. The first-order valence-electron chi connectivity index (χ1n) is 8.69. The molecule has 2 atom stereocenters. The quantitative estimate of drug-likeness (QED) is 0.855. The molecule has 1 aromatic rings. The number of hydrogen-bond donors (Lipinski definition) is 0. The first-order valence-corrected chi connectivity index (χ1v) is 8.69. The van der Waals surface area contributed by atoms with Gasteiger partial charge < -0.3 is 14.4 Å². The van der Waals surface area contributed by atoms with Crippen LogP contribution >= 0.6 is 0 Å². The fourth-order valence-electron chi connectivity index (χ4n) is 3.69. The van der Waals surface area contributed by atoms with E-state index in [1.165, 1.54) is 12.8 Å². The number of rotatable bonds is 4. The van der Waals surface area contributed by atoms with Crippen molar-refractivity contribution in [3.8, 4) is 0 Å². The molecule has 5 heteroatoms. The Bertz CT molecular complexity index is 561. The summed E-state index contributed by atoms with van der Waals surface area (Å²) in [6.07, 6.45) is 9.07. The predicted octanol–water partition coefficient (Wildman–Crippen LogP) is 2.27. The Hall–Kier alpha value is -1.46. The molecular weight excluding hydrogens is 292 g/mol. The first kappa shape index (κ1) is 15.1. The molecule has 3 aliphatic rings. The number of piperidine rings is 1. The highest BCUT2D eigenvalue weighted by molar-refractivity contribution is 5.94. The maximum Gasteiger partial charge on any atom is 0.255 e. The fourth-order valence-corrected chi connectivity index (χ4v) is 3.69. The van der Waals surface area contributed by atoms with Crippen molar-refractivity contribution in [2.24, 2.45) is 5.92 Å². The van der Waals surface area contributed by atoms with Crippen LogP contribution in [0.1, 0.15) is 42.5 Å². The van der Waals surface area contributed by atoms with Crippen LogP contribution in [0.15, 0.2) is 24.5 Å². The highest BCUT2D eigenvalue weighted by Gasteiger charge is 2.45. The first-order chi connectivity index (χ1) is 11.2. The van der Waals surface area contributed by atoms with Gasteiger partial charge in [-0.25, -0.2) is 0 Å². The van der Waals surface area contributed by atoms with Crippen LogP contribution in [0.4, 0.5) is 0 Å². The minimum Gasteiger partial charge on any atom is -0.375 e. The molecule has 124 valence electrons. The molecule has 3 fully saturated rings. The number of aromatic nitrogens is 1.